The molecule has 0 bridgehead atoms. The van der Waals surface area contributed by atoms with Crippen molar-refractivity contribution in [2.24, 2.45) is 20.5 Å². The van der Waals surface area contributed by atoms with E-state index in [0.717, 1.165) is 66.7 Å². The van der Waals surface area contributed by atoms with Crippen molar-refractivity contribution in [3.63, 3.8) is 0 Å². The average Bonchev–Trinajstić information content (AvgIpc) is 3.06. The van der Waals surface area contributed by atoms with Gasteiger partial charge in [0.15, 0.2) is 5.75 Å². The molecule has 0 saturated carbocycles. The molecule has 0 radical (unpaired) electrons. The first-order valence-electron chi connectivity index (χ1n) is 14.4. The summed E-state index contributed by atoms with van der Waals surface area (Å²) in [7, 11) is -25.8. The van der Waals surface area contributed by atoms with Gasteiger partial charge in [-0.1, -0.05) is 18.2 Å². The van der Waals surface area contributed by atoms with Crippen molar-refractivity contribution in [2.45, 2.75) is 24.5 Å². The predicted octanol–water partition coefficient (Wildman–Crippen LogP) is -10.8. The van der Waals surface area contributed by atoms with Crippen LogP contribution in [0.15, 0.2) is 130 Å². The summed E-state index contributed by atoms with van der Waals surface area (Å²) >= 11 is 0. The molecule has 6 aromatic rings. The quantitative estimate of drug-likeness (QED) is 0.0799. The van der Waals surface area contributed by atoms with Crippen LogP contribution in [-0.2, 0) is 50.6 Å². The van der Waals surface area contributed by atoms with Gasteiger partial charge in [0.25, 0.3) is 0 Å². The largest absolute Gasteiger partial charge is 1.00 e. The van der Waals surface area contributed by atoms with Gasteiger partial charge in [-0.3, -0.25) is 0 Å². The normalized spacial score (nSPS) is 12.3. The van der Waals surface area contributed by atoms with E-state index in [-0.39, 0.29) is 197 Å². The smallest absolute Gasteiger partial charge is 0.744 e. The van der Waals surface area contributed by atoms with Gasteiger partial charge in [0.05, 0.1) is 41.5 Å². The standard InChI is InChI=1S/C30H20N4O16S5.5Na/c35-30-28(55(48,49)50)11-17-9-20(52(39,40)41)4-6-24(17)29(30)34-33-26-12-18(7-15-1-2-21(13-25(15)26)53(42,43)44)31-32-27-14-22(54(45,46)47)10-16-8-19(51(36,37)38)3-5-23(16)27;;;;;/h1-14,35H,(H,36,37,38)(H,39,40,41)(H,42,43,44)(H,45,46,47)(H,48,49,50);;;;;/q;5*+1/p-5. The van der Waals surface area contributed by atoms with Crippen LogP contribution in [0.4, 0.5) is 22.7 Å². The molecular formula is C30H15N4Na5O16S5. The van der Waals surface area contributed by atoms with Crippen LogP contribution in [-0.4, -0.2) is 70.0 Å². The van der Waals surface area contributed by atoms with Crippen molar-refractivity contribution in [1.29, 1.82) is 0 Å². The van der Waals surface area contributed by atoms with Crippen LogP contribution in [0.1, 0.15) is 0 Å². The van der Waals surface area contributed by atoms with E-state index in [2.05, 4.69) is 20.5 Å². The summed E-state index contributed by atoms with van der Waals surface area (Å²) in [6.45, 7) is 0. The summed E-state index contributed by atoms with van der Waals surface area (Å²) in [6.07, 6.45) is 0. The Hall–Kier alpha value is -0.350. The van der Waals surface area contributed by atoms with Gasteiger partial charge in [-0.2, -0.15) is 5.11 Å². The van der Waals surface area contributed by atoms with E-state index in [0.29, 0.717) is 12.1 Å². The number of hydrogen-bond donors (Lipinski definition) is 1. The molecule has 0 aliphatic carbocycles. The monoisotopic (exact) mass is 962 g/mol. The van der Waals surface area contributed by atoms with Crippen LogP contribution in [0.25, 0.3) is 32.3 Å². The molecule has 6 rings (SSSR count). The van der Waals surface area contributed by atoms with Gasteiger partial charge in [-0.25, -0.2) is 42.1 Å². The van der Waals surface area contributed by atoms with Gasteiger partial charge < -0.3 is 27.9 Å². The number of hydrogen-bond acceptors (Lipinski definition) is 20. The number of aromatic hydroxyl groups is 1. The van der Waals surface area contributed by atoms with E-state index < -0.39 is 86.5 Å². The molecule has 30 heteroatoms. The molecule has 0 spiro atoms. The minimum atomic E-state index is -5.47. The van der Waals surface area contributed by atoms with E-state index >= 15 is 0 Å². The Bertz CT molecular complexity index is 3320. The van der Waals surface area contributed by atoms with Crippen molar-refractivity contribution in [1.82, 2.24) is 0 Å². The fourth-order valence-corrected chi connectivity index (χ4v) is 7.91. The van der Waals surface area contributed by atoms with Gasteiger partial charge in [0.2, 0.25) is 0 Å². The first kappa shape index (κ1) is 57.7. The molecule has 0 saturated heterocycles. The second-order valence-electron chi connectivity index (χ2n) is 11.3. The van der Waals surface area contributed by atoms with Crippen LogP contribution in [0.5, 0.6) is 5.75 Å². The van der Waals surface area contributed by atoms with Gasteiger partial charge >= 0.3 is 148 Å². The number of rotatable bonds is 9. The number of fused-ring (bicyclic) bond motifs is 3. The van der Waals surface area contributed by atoms with Gasteiger partial charge in [0, 0.05) is 16.2 Å². The van der Waals surface area contributed by atoms with Crippen molar-refractivity contribution in [3.05, 3.63) is 84.9 Å². The molecule has 0 unspecified atom stereocenters. The zero-order chi connectivity index (χ0) is 40.5. The van der Waals surface area contributed by atoms with Crippen LogP contribution >= 0.6 is 0 Å². The summed E-state index contributed by atoms with van der Waals surface area (Å²) < 4.78 is 177. The molecule has 20 nitrogen and oxygen atoms in total. The van der Waals surface area contributed by atoms with Crippen molar-refractivity contribution < 1.29 is 218 Å². The molecule has 0 amide bonds. The number of phenolic OH excluding ortho intramolecular Hbond substituents is 1. The summed E-state index contributed by atoms with van der Waals surface area (Å²) in [5, 5.41) is 25.8. The molecule has 0 aromatic heterocycles. The zero-order valence-electron chi connectivity index (χ0n) is 31.5. The Morgan fingerprint density at radius 1 is 0.383 bits per heavy atom. The maximum Gasteiger partial charge on any atom is 1.00 e. The summed E-state index contributed by atoms with van der Waals surface area (Å²) in [4.78, 5) is -4.48. The van der Waals surface area contributed by atoms with E-state index in [9.17, 15) is 70.0 Å². The third-order valence-electron chi connectivity index (χ3n) is 7.74. The van der Waals surface area contributed by atoms with Crippen LogP contribution < -0.4 is 148 Å². The third-order valence-corrected chi connectivity index (χ3v) is 11.9. The second kappa shape index (κ2) is 21.3. The van der Waals surface area contributed by atoms with Crippen LogP contribution in [0, 0.1) is 0 Å². The summed E-state index contributed by atoms with van der Waals surface area (Å²) in [5.74, 6) is -1.25. The van der Waals surface area contributed by atoms with Gasteiger partial charge in [-0.15, -0.1) is 15.3 Å². The Kier molecular flexibility index (Phi) is 20.5. The minimum Gasteiger partial charge on any atom is -0.744 e. The molecule has 60 heavy (non-hydrogen) atoms. The van der Waals surface area contributed by atoms with Crippen LogP contribution in [0.3, 0.4) is 0 Å². The first-order chi connectivity index (χ1) is 25.3. The van der Waals surface area contributed by atoms with E-state index in [4.69, 9.17) is 0 Å². The van der Waals surface area contributed by atoms with Gasteiger partial charge in [-0.05, 0) is 82.9 Å². The Balaban J connectivity index is 0.00000360. The summed E-state index contributed by atoms with van der Waals surface area (Å²) in [5.41, 5.74) is -1.58. The number of azo groups is 2. The Labute approximate surface area is 451 Å². The maximum atomic E-state index is 12.0. The Morgan fingerprint density at radius 3 is 1.33 bits per heavy atom. The average molecular weight is 963 g/mol. The molecule has 1 N–H and O–H groups in total. The zero-order valence-corrected chi connectivity index (χ0v) is 45.6. The number of benzene rings is 6. The molecular weight excluding hydrogens is 948 g/mol. The van der Waals surface area contributed by atoms with Crippen LogP contribution in [0.2, 0.25) is 0 Å². The van der Waals surface area contributed by atoms with E-state index in [1.807, 2.05) is 0 Å². The molecule has 0 aliphatic rings. The third kappa shape index (κ3) is 13.1. The fourth-order valence-electron chi connectivity index (χ4n) is 5.27. The van der Waals surface area contributed by atoms with Crippen molar-refractivity contribution in [3.8, 4) is 5.75 Å². The molecule has 286 valence electrons. The Morgan fingerprint density at radius 2 is 0.817 bits per heavy atom. The molecule has 0 fully saturated rings. The fraction of sp³-hybridized carbons (Fsp3) is 0. The van der Waals surface area contributed by atoms with Crippen molar-refractivity contribution >= 4 is 106 Å². The van der Waals surface area contributed by atoms with Crippen molar-refractivity contribution in [2.75, 3.05) is 0 Å². The molecule has 6 aromatic carbocycles. The second-order valence-corrected chi connectivity index (χ2v) is 18.2. The number of phenols is 1. The van der Waals surface area contributed by atoms with Gasteiger partial charge in [0.1, 0.15) is 56.3 Å². The summed E-state index contributed by atoms with van der Waals surface area (Å²) in [6, 6.07) is 12.8. The SMILES string of the molecule is O=S(=O)([O-])c1ccc2c(N=Nc3cc(N=Nc4c(O)c(S(=O)(=O)[O-])cc5cc(S(=O)(=O)[O-])ccc45)c4cc(S(=O)(=O)[O-])ccc4c3)cc(S(=O)(=O)[O-])cc2c1.[Na+].[Na+].[Na+].[Na+].[Na+]. The molecule has 0 atom stereocenters. The minimum absolute atomic E-state index is 0. The molecule has 0 heterocycles. The predicted molar refractivity (Wildman–Crippen MR) is 182 cm³/mol. The molecule has 0 aliphatic heterocycles. The van der Waals surface area contributed by atoms with E-state index in [1.54, 1.807) is 0 Å². The maximum absolute atomic E-state index is 12.0. The topological polar surface area (TPSA) is 356 Å². The first-order valence-corrected chi connectivity index (χ1v) is 21.4. The van der Waals surface area contributed by atoms with E-state index in [1.165, 1.54) is 6.07 Å². The number of nitrogens with zero attached hydrogens (tertiary/aromatic N) is 4.